The van der Waals surface area contributed by atoms with Gasteiger partial charge in [-0.15, -0.1) is 0 Å². The number of anilines is 1. The SMILES string of the molecule is CN(C)c1nc(Cl)nc(-c2cc(F)cc(Cl)c2)n1. The molecule has 94 valence electrons. The highest BCUT2D eigenvalue weighted by Crippen LogP contribution is 2.23. The molecular weight excluding hydrogens is 278 g/mol. The topological polar surface area (TPSA) is 41.9 Å². The first-order valence-corrected chi connectivity index (χ1v) is 5.76. The second-order valence-electron chi connectivity index (χ2n) is 3.78. The van der Waals surface area contributed by atoms with Crippen molar-refractivity contribution >= 4 is 29.2 Å². The predicted molar refractivity (Wildman–Crippen MR) is 69.6 cm³/mol. The van der Waals surface area contributed by atoms with Crippen LogP contribution in [-0.2, 0) is 0 Å². The van der Waals surface area contributed by atoms with Crippen LogP contribution in [0.1, 0.15) is 0 Å². The molecule has 0 saturated heterocycles. The van der Waals surface area contributed by atoms with Crippen LogP contribution in [0.25, 0.3) is 11.4 Å². The van der Waals surface area contributed by atoms with Gasteiger partial charge in [0.05, 0.1) is 0 Å². The van der Waals surface area contributed by atoms with Crippen LogP contribution in [0.4, 0.5) is 10.3 Å². The minimum atomic E-state index is -0.458. The third kappa shape index (κ3) is 2.86. The van der Waals surface area contributed by atoms with Crippen LogP contribution in [0.3, 0.4) is 0 Å². The highest BCUT2D eigenvalue weighted by molar-refractivity contribution is 6.30. The highest BCUT2D eigenvalue weighted by atomic mass is 35.5. The Morgan fingerprint density at radius 1 is 1.06 bits per heavy atom. The molecule has 4 nitrogen and oxygen atoms in total. The molecule has 18 heavy (non-hydrogen) atoms. The monoisotopic (exact) mass is 286 g/mol. The molecule has 0 atom stereocenters. The fourth-order valence-corrected chi connectivity index (χ4v) is 1.73. The zero-order valence-corrected chi connectivity index (χ0v) is 11.2. The van der Waals surface area contributed by atoms with Crippen molar-refractivity contribution in [3.63, 3.8) is 0 Å². The molecule has 0 N–H and O–H groups in total. The first-order chi connectivity index (χ1) is 8.45. The lowest BCUT2D eigenvalue weighted by molar-refractivity contribution is 0.628. The van der Waals surface area contributed by atoms with Gasteiger partial charge in [0.1, 0.15) is 5.82 Å². The molecule has 0 aliphatic heterocycles. The first-order valence-electron chi connectivity index (χ1n) is 5.01. The lowest BCUT2D eigenvalue weighted by Crippen LogP contribution is -2.14. The van der Waals surface area contributed by atoms with Crippen molar-refractivity contribution in [2.45, 2.75) is 0 Å². The van der Waals surface area contributed by atoms with E-state index in [-0.39, 0.29) is 16.1 Å². The maximum atomic E-state index is 13.3. The molecule has 0 unspecified atom stereocenters. The van der Waals surface area contributed by atoms with E-state index < -0.39 is 5.82 Å². The summed E-state index contributed by atoms with van der Waals surface area (Å²) in [6, 6.07) is 4.06. The maximum absolute atomic E-state index is 13.3. The van der Waals surface area contributed by atoms with E-state index in [9.17, 15) is 4.39 Å². The van der Waals surface area contributed by atoms with Crippen LogP contribution < -0.4 is 4.90 Å². The van der Waals surface area contributed by atoms with Crippen molar-refractivity contribution in [1.29, 1.82) is 0 Å². The van der Waals surface area contributed by atoms with Crippen molar-refractivity contribution < 1.29 is 4.39 Å². The van der Waals surface area contributed by atoms with Crippen molar-refractivity contribution in [2.24, 2.45) is 0 Å². The summed E-state index contributed by atoms with van der Waals surface area (Å²) in [5.74, 6) is 0.214. The average Bonchev–Trinajstić information content (AvgIpc) is 2.26. The Kier molecular flexibility index (Phi) is 3.63. The normalized spacial score (nSPS) is 10.5. The van der Waals surface area contributed by atoms with E-state index in [1.54, 1.807) is 25.1 Å². The van der Waals surface area contributed by atoms with Gasteiger partial charge in [-0.25, -0.2) is 4.39 Å². The molecule has 2 aromatic rings. The Labute approximate surface area is 113 Å². The third-order valence-electron chi connectivity index (χ3n) is 2.12. The summed E-state index contributed by atoms with van der Waals surface area (Å²) in [5, 5.41) is 0.317. The molecule has 7 heteroatoms. The van der Waals surface area contributed by atoms with Crippen molar-refractivity contribution in [2.75, 3.05) is 19.0 Å². The number of nitrogens with zero attached hydrogens (tertiary/aromatic N) is 4. The van der Waals surface area contributed by atoms with Gasteiger partial charge < -0.3 is 4.90 Å². The van der Waals surface area contributed by atoms with Gasteiger partial charge >= 0.3 is 0 Å². The van der Waals surface area contributed by atoms with E-state index in [0.29, 0.717) is 11.5 Å². The molecule has 0 bridgehead atoms. The van der Waals surface area contributed by atoms with Crippen LogP contribution >= 0.6 is 23.2 Å². The Morgan fingerprint density at radius 3 is 2.39 bits per heavy atom. The maximum Gasteiger partial charge on any atom is 0.229 e. The molecule has 0 amide bonds. The van der Waals surface area contributed by atoms with E-state index in [1.165, 1.54) is 12.1 Å². The van der Waals surface area contributed by atoms with Gasteiger partial charge in [0.2, 0.25) is 11.2 Å². The average molecular weight is 287 g/mol. The van der Waals surface area contributed by atoms with E-state index in [0.717, 1.165) is 0 Å². The van der Waals surface area contributed by atoms with Crippen LogP contribution in [-0.4, -0.2) is 29.0 Å². The van der Waals surface area contributed by atoms with E-state index in [4.69, 9.17) is 23.2 Å². The molecule has 0 saturated carbocycles. The van der Waals surface area contributed by atoms with Gasteiger partial charge in [-0.05, 0) is 29.8 Å². The zero-order chi connectivity index (χ0) is 13.3. The van der Waals surface area contributed by atoms with Gasteiger partial charge in [0.25, 0.3) is 0 Å². The number of hydrogen-bond acceptors (Lipinski definition) is 4. The smallest absolute Gasteiger partial charge is 0.229 e. The largest absolute Gasteiger partial charge is 0.347 e. The van der Waals surface area contributed by atoms with Crippen LogP contribution in [0, 0.1) is 5.82 Å². The van der Waals surface area contributed by atoms with Crippen LogP contribution in [0.2, 0.25) is 10.3 Å². The van der Waals surface area contributed by atoms with E-state index in [1.807, 2.05) is 0 Å². The number of rotatable bonds is 2. The summed E-state index contributed by atoms with van der Waals surface area (Å²) in [7, 11) is 3.54. The summed E-state index contributed by atoms with van der Waals surface area (Å²) in [6.45, 7) is 0. The molecule has 0 fully saturated rings. The number of halogens is 3. The molecule has 1 heterocycles. The third-order valence-corrected chi connectivity index (χ3v) is 2.50. The quantitative estimate of drug-likeness (QED) is 0.851. The summed E-state index contributed by atoms with van der Waals surface area (Å²) >= 11 is 11.6. The van der Waals surface area contributed by atoms with Gasteiger partial charge in [-0.1, -0.05) is 11.6 Å². The van der Waals surface area contributed by atoms with Crippen molar-refractivity contribution in [3.8, 4) is 11.4 Å². The number of benzene rings is 1. The van der Waals surface area contributed by atoms with Crippen molar-refractivity contribution in [1.82, 2.24) is 15.0 Å². The lowest BCUT2D eigenvalue weighted by atomic mass is 10.2. The highest BCUT2D eigenvalue weighted by Gasteiger charge is 2.10. The lowest BCUT2D eigenvalue weighted by Gasteiger charge is -2.11. The molecule has 0 radical (unpaired) electrons. The summed E-state index contributed by atoms with van der Waals surface area (Å²) in [5.41, 5.74) is 0.451. The minimum absolute atomic E-state index is 0.0454. The molecule has 2 rings (SSSR count). The Hall–Kier alpha value is -1.46. The van der Waals surface area contributed by atoms with Crippen LogP contribution in [0.5, 0.6) is 0 Å². The first kappa shape index (κ1) is 13.0. The summed E-state index contributed by atoms with van der Waals surface area (Å²) < 4.78 is 13.3. The Bertz CT molecular complexity index is 569. The predicted octanol–water partition coefficient (Wildman–Crippen LogP) is 3.05. The molecule has 1 aromatic heterocycles. The van der Waals surface area contributed by atoms with Gasteiger partial charge in [-0.3, -0.25) is 0 Å². The fourth-order valence-electron chi connectivity index (χ4n) is 1.35. The zero-order valence-electron chi connectivity index (χ0n) is 9.65. The molecular formula is C11H9Cl2FN4. The molecule has 0 aliphatic rings. The van der Waals surface area contributed by atoms with E-state index >= 15 is 0 Å². The standard InChI is InChI=1S/C11H9Cl2FN4/c1-18(2)11-16-9(15-10(13)17-11)6-3-7(12)5-8(14)4-6/h3-5H,1-2H3. The van der Waals surface area contributed by atoms with Gasteiger partial charge in [0.15, 0.2) is 5.82 Å². The molecule has 0 aliphatic carbocycles. The summed E-state index contributed by atoms with van der Waals surface area (Å²) in [6.07, 6.45) is 0. The van der Waals surface area contributed by atoms with Gasteiger partial charge in [0, 0.05) is 24.7 Å². The number of aromatic nitrogens is 3. The minimum Gasteiger partial charge on any atom is -0.347 e. The van der Waals surface area contributed by atoms with Crippen molar-refractivity contribution in [3.05, 3.63) is 34.3 Å². The number of hydrogen-bond donors (Lipinski definition) is 0. The Balaban J connectivity index is 2.56. The molecule has 0 spiro atoms. The van der Waals surface area contributed by atoms with Gasteiger partial charge in [-0.2, -0.15) is 15.0 Å². The second-order valence-corrected chi connectivity index (χ2v) is 4.56. The van der Waals surface area contributed by atoms with Crippen LogP contribution in [0.15, 0.2) is 18.2 Å². The second kappa shape index (κ2) is 5.04. The molecule has 1 aromatic carbocycles. The fraction of sp³-hybridized carbons (Fsp3) is 0.182. The Morgan fingerprint density at radius 2 is 1.78 bits per heavy atom. The van der Waals surface area contributed by atoms with E-state index in [2.05, 4.69) is 15.0 Å². The summed E-state index contributed by atoms with van der Waals surface area (Å²) in [4.78, 5) is 13.8.